The number of aryl methyl sites for hydroxylation is 2. The average Bonchev–Trinajstić information content (AvgIpc) is 2.80. The highest BCUT2D eigenvalue weighted by Crippen LogP contribution is 2.24. The minimum atomic E-state index is 0.116. The Morgan fingerprint density at radius 3 is 2.91 bits per heavy atom. The Balaban J connectivity index is 1.77. The first-order valence-corrected chi connectivity index (χ1v) is 8.29. The molecular weight excluding hydrogens is 274 g/mol. The summed E-state index contributed by atoms with van der Waals surface area (Å²) in [5.74, 6) is 0.702. The van der Waals surface area contributed by atoms with E-state index < -0.39 is 0 Å². The fourth-order valence-corrected chi connectivity index (χ4v) is 3.52. The number of carbonyl (C=O) groups is 1. The van der Waals surface area contributed by atoms with Gasteiger partial charge in [-0.1, -0.05) is 25.8 Å². The number of hydrogen-bond donors (Lipinski definition) is 1. The zero-order valence-corrected chi connectivity index (χ0v) is 13.7. The molecule has 1 aliphatic rings. The summed E-state index contributed by atoms with van der Waals surface area (Å²) in [5, 5.41) is 3.23. The Morgan fingerprint density at radius 1 is 1.36 bits per heavy atom. The Bertz CT molecular complexity index is 689. The highest BCUT2D eigenvalue weighted by atomic mass is 16.1. The van der Waals surface area contributed by atoms with Crippen LogP contribution in [-0.2, 0) is 11.2 Å². The molecule has 2 atom stereocenters. The summed E-state index contributed by atoms with van der Waals surface area (Å²) in [4.78, 5) is 17.1. The summed E-state index contributed by atoms with van der Waals surface area (Å²) in [6, 6.07) is 4.39. The number of fused-ring (bicyclic) bond motifs is 1. The molecule has 2 aromatic rings. The van der Waals surface area contributed by atoms with Crippen molar-refractivity contribution in [3.63, 3.8) is 0 Å². The van der Waals surface area contributed by atoms with Crippen LogP contribution < -0.4 is 5.32 Å². The molecular formula is C18H25N3O. The molecule has 3 rings (SSSR count). The first kappa shape index (κ1) is 15.1. The minimum Gasteiger partial charge on any atom is -0.353 e. The summed E-state index contributed by atoms with van der Waals surface area (Å²) in [6.07, 6.45) is 7.24. The van der Waals surface area contributed by atoms with E-state index in [1.165, 1.54) is 19.3 Å². The number of carbonyl (C=O) groups excluding carboxylic acids is 1. The van der Waals surface area contributed by atoms with Gasteiger partial charge in [0.15, 0.2) is 0 Å². The SMILES string of the molecule is Cc1nc2c(C)cccn2c1CC(=O)NC1CCCCC1C. The van der Waals surface area contributed by atoms with Crippen molar-refractivity contribution in [2.75, 3.05) is 0 Å². The number of nitrogens with zero attached hydrogens (tertiary/aromatic N) is 2. The van der Waals surface area contributed by atoms with Crippen molar-refractivity contribution < 1.29 is 4.79 Å². The van der Waals surface area contributed by atoms with Gasteiger partial charge in [0.25, 0.3) is 0 Å². The Hall–Kier alpha value is -1.84. The highest BCUT2D eigenvalue weighted by molar-refractivity contribution is 5.79. The van der Waals surface area contributed by atoms with E-state index in [1.54, 1.807) is 0 Å². The van der Waals surface area contributed by atoms with Crippen LogP contribution in [0.2, 0.25) is 0 Å². The molecule has 22 heavy (non-hydrogen) atoms. The lowest BCUT2D eigenvalue weighted by Gasteiger charge is -2.29. The molecule has 4 nitrogen and oxygen atoms in total. The van der Waals surface area contributed by atoms with Gasteiger partial charge in [0, 0.05) is 12.2 Å². The minimum absolute atomic E-state index is 0.116. The van der Waals surface area contributed by atoms with Crippen LogP contribution in [0.3, 0.4) is 0 Å². The number of rotatable bonds is 3. The maximum Gasteiger partial charge on any atom is 0.226 e. The molecule has 4 heteroatoms. The maximum absolute atomic E-state index is 12.5. The molecule has 1 N–H and O–H groups in total. The van der Waals surface area contributed by atoms with Crippen molar-refractivity contribution in [1.82, 2.24) is 14.7 Å². The van der Waals surface area contributed by atoms with Crippen LogP contribution in [-0.4, -0.2) is 21.3 Å². The van der Waals surface area contributed by atoms with Crippen molar-refractivity contribution in [1.29, 1.82) is 0 Å². The first-order valence-electron chi connectivity index (χ1n) is 8.29. The second-order valence-corrected chi connectivity index (χ2v) is 6.64. The molecule has 2 unspecified atom stereocenters. The number of imidazole rings is 1. The highest BCUT2D eigenvalue weighted by Gasteiger charge is 2.23. The van der Waals surface area contributed by atoms with E-state index in [2.05, 4.69) is 34.6 Å². The van der Waals surface area contributed by atoms with E-state index in [1.807, 2.05) is 19.2 Å². The van der Waals surface area contributed by atoms with Crippen molar-refractivity contribution in [2.24, 2.45) is 5.92 Å². The zero-order valence-electron chi connectivity index (χ0n) is 13.7. The van der Waals surface area contributed by atoms with Crippen LogP contribution in [0.1, 0.15) is 49.6 Å². The summed E-state index contributed by atoms with van der Waals surface area (Å²) in [7, 11) is 0. The molecule has 0 radical (unpaired) electrons. The largest absolute Gasteiger partial charge is 0.353 e. The van der Waals surface area contributed by atoms with Crippen LogP contribution in [0.4, 0.5) is 0 Å². The van der Waals surface area contributed by atoms with Crippen LogP contribution in [0.25, 0.3) is 5.65 Å². The van der Waals surface area contributed by atoms with E-state index in [0.29, 0.717) is 18.4 Å². The van der Waals surface area contributed by atoms with Crippen LogP contribution in [0.15, 0.2) is 18.3 Å². The molecule has 118 valence electrons. The lowest BCUT2D eigenvalue weighted by molar-refractivity contribution is -0.121. The zero-order chi connectivity index (χ0) is 15.7. The number of hydrogen-bond acceptors (Lipinski definition) is 2. The molecule has 1 saturated carbocycles. The normalized spacial score (nSPS) is 22.0. The molecule has 0 saturated heterocycles. The fourth-order valence-electron chi connectivity index (χ4n) is 3.52. The second kappa shape index (κ2) is 6.11. The topological polar surface area (TPSA) is 46.4 Å². The van der Waals surface area contributed by atoms with Gasteiger partial charge in [-0.25, -0.2) is 4.98 Å². The van der Waals surface area contributed by atoms with Gasteiger partial charge in [-0.15, -0.1) is 0 Å². The summed E-state index contributed by atoms with van der Waals surface area (Å²) in [6.45, 7) is 6.28. The number of nitrogens with one attached hydrogen (secondary N) is 1. The smallest absolute Gasteiger partial charge is 0.226 e. The molecule has 0 aliphatic heterocycles. The van der Waals surface area contributed by atoms with E-state index >= 15 is 0 Å². The third kappa shape index (κ3) is 2.87. The molecule has 1 amide bonds. The molecule has 2 heterocycles. The number of aromatic nitrogens is 2. The Kier molecular flexibility index (Phi) is 4.19. The standard InChI is InChI=1S/C18H25N3O/c1-12-7-4-5-9-15(12)20-17(22)11-16-14(3)19-18-13(2)8-6-10-21(16)18/h6,8,10,12,15H,4-5,7,9,11H2,1-3H3,(H,20,22). The summed E-state index contributed by atoms with van der Waals surface area (Å²) >= 11 is 0. The predicted molar refractivity (Wildman–Crippen MR) is 87.9 cm³/mol. The molecule has 2 aromatic heterocycles. The van der Waals surface area contributed by atoms with Gasteiger partial charge in [0.2, 0.25) is 5.91 Å². The van der Waals surface area contributed by atoms with Gasteiger partial charge in [0.05, 0.1) is 17.8 Å². The first-order chi connectivity index (χ1) is 10.6. The second-order valence-electron chi connectivity index (χ2n) is 6.64. The molecule has 1 fully saturated rings. The van der Waals surface area contributed by atoms with Crippen LogP contribution in [0, 0.1) is 19.8 Å². The lowest BCUT2D eigenvalue weighted by Crippen LogP contribution is -2.41. The van der Waals surface area contributed by atoms with Gasteiger partial charge in [-0.3, -0.25) is 4.79 Å². The summed E-state index contributed by atoms with van der Waals surface area (Å²) < 4.78 is 2.05. The van der Waals surface area contributed by atoms with E-state index in [0.717, 1.165) is 29.0 Å². The third-order valence-electron chi connectivity index (χ3n) is 4.93. The Labute approximate surface area is 131 Å². The van der Waals surface area contributed by atoms with Gasteiger partial charge in [-0.2, -0.15) is 0 Å². The van der Waals surface area contributed by atoms with E-state index in [9.17, 15) is 4.79 Å². The molecule has 0 aromatic carbocycles. The van der Waals surface area contributed by atoms with Crippen molar-refractivity contribution in [2.45, 2.75) is 58.9 Å². The molecule has 1 aliphatic carbocycles. The average molecular weight is 299 g/mol. The molecule has 0 spiro atoms. The van der Waals surface area contributed by atoms with Gasteiger partial charge < -0.3 is 9.72 Å². The van der Waals surface area contributed by atoms with Crippen molar-refractivity contribution >= 4 is 11.6 Å². The quantitative estimate of drug-likeness (QED) is 0.946. The van der Waals surface area contributed by atoms with Gasteiger partial charge in [-0.05, 0) is 44.2 Å². The monoisotopic (exact) mass is 299 g/mol. The molecule has 0 bridgehead atoms. The predicted octanol–water partition coefficient (Wildman–Crippen LogP) is 3.19. The lowest BCUT2D eigenvalue weighted by atomic mass is 9.86. The third-order valence-corrected chi connectivity index (χ3v) is 4.93. The fraction of sp³-hybridized carbons (Fsp3) is 0.556. The summed E-state index contributed by atoms with van der Waals surface area (Å²) in [5.41, 5.74) is 4.04. The number of amides is 1. The van der Waals surface area contributed by atoms with Gasteiger partial charge in [0.1, 0.15) is 5.65 Å². The van der Waals surface area contributed by atoms with E-state index in [4.69, 9.17) is 0 Å². The maximum atomic E-state index is 12.5. The van der Waals surface area contributed by atoms with E-state index in [-0.39, 0.29) is 5.91 Å². The van der Waals surface area contributed by atoms with Crippen LogP contribution >= 0.6 is 0 Å². The Morgan fingerprint density at radius 2 is 2.14 bits per heavy atom. The van der Waals surface area contributed by atoms with Crippen molar-refractivity contribution in [3.8, 4) is 0 Å². The van der Waals surface area contributed by atoms with Crippen LogP contribution in [0.5, 0.6) is 0 Å². The number of pyridine rings is 1. The van der Waals surface area contributed by atoms with Crippen molar-refractivity contribution in [3.05, 3.63) is 35.3 Å². The van der Waals surface area contributed by atoms with Gasteiger partial charge >= 0.3 is 0 Å².